The van der Waals surface area contributed by atoms with Gasteiger partial charge in [0, 0.05) is 5.39 Å². The van der Waals surface area contributed by atoms with Crippen molar-refractivity contribution in [2.24, 2.45) is 0 Å². The molecule has 0 amide bonds. The predicted molar refractivity (Wildman–Crippen MR) is 62.5 cm³/mol. The van der Waals surface area contributed by atoms with E-state index in [-0.39, 0.29) is 18.1 Å². The van der Waals surface area contributed by atoms with Crippen LogP contribution in [-0.4, -0.2) is 29.8 Å². The third-order valence-corrected chi connectivity index (χ3v) is 2.47. The van der Waals surface area contributed by atoms with E-state index in [1.54, 1.807) is 25.1 Å². The van der Waals surface area contributed by atoms with Gasteiger partial charge >= 0.3 is 5.97 Å². The smallest absolute Gasteiger partial charge is 0.358 e. The Hall–Kier alpha value is -2.17. The fraction of sp³-hybridized carbons (Fsp3) is 0.250. The van der Waals surface area contributed by atoms with Crippen molar-refractivity contribution in [3.8, 4) is 11.5 Å². The van der Waals surface area contributed by atoms with Gasteiger partial charge in [-0.3, -0.25) is 0 Å². The number of fused-ring (bicyclic) bond motifs is 1. The number of esters is 1. The van der Waals surface area contributed by atoms with Gasteiger partial charge < -0.3 is 19.6 Å². The highest BCUT2D eigenvalue weighted by atomic mass is 16.5. The molecule has 17 heavy (non-hydrogen) atoms. The van der Waals surface area contributed by atoms with Crippen LogP contribution in [0.15, 0.2) is 18.2 Å². The number of aromatic nitrogens is 1. The maximum Gasteiger partial charge on any atom is 0.358 e. The van der Waals surface area contributed by atoms with Crippen LogP contribution in [0.5, 0.6) is 11.5 Å². The molecule has 1 heterocycles. The first kappa shape index (κ1) is 11.3. The Labute approximate surface area is 98.0 Å². The van der Waals surface area contributed by atoms with E-state index < -0.39 is 5.97 Å². The molecular formula is C12H13NO4. The first-order valence-electron chi connectivity index (χ1n) is 5.23. The van der Waals surface area contributed by atoms with Gasteiger partial charge in [0.25, 0.3) is 0 Å². The average molecular weight is 235 g/mol. The van der Waals surface area contributed by atoms with Gasteiger partial charge in [0.15, 0.2) is 11.4 Å². The van der Waals surface area contributed by atoms with Crippen molar-refractivity contribution in [1.29, 1.82) is 0 Å². The van der Waals surface area contributed by atoms with Crippen molar-refractivity contribution in [3.63, 3.8) is 0 Å². The zero-order chi connectivity index (χ0) is 12.4. The summed E-state index contributed by atoms with van der Waals surface area (Å²) in [5.74, 6) is -0.131. The Balaban J connectivity index is 2.60. The predicted octanol–water partition coefficient (Wildman–Crippen LogP) is 2.06. The Kier molecular flexibility index (Phi) is 2.91. The van der Waals surface area contributed by atoms with E-state index in [0.29, 0.717) is 16.7 Å². The molecule has 1 aromatic heterocycles. The second kappa shape index (κ2) is 4.37. The van der Waals surface area contributed by atoms with Gasteiger partial charge in [0.05, 0.1) is 19.2 Å². The van der Waals surface area contributed by atoms with Gasteiger partial charge in [-0.15, -0.1) is 0 Å². The third-order valence-electron chi connectivity index (χ3n) is 2.47. The van der Waals surface area contributed by atoms with Crippen LogP contribution in [0.4, 0.5) is 0 Å². The molecule has 0 radical (unpaired) electrons. The molecule has 0 fully saturated rings. The van der Waals surface area contributed by atoms with E-state index in [2.05, 4.69) is 4.98 Å². The van der Waals surface area contributed by atoms with Gasteiger partial charge in [-0.05, 0) is 19.1 Å². The van der Waals surface area contributed by atoms with Crippen LogP contribution < -0.4 is 4.74 Å². The van der Waals surface area contributed by atoms with E-state index in [4.69, 9.17) is 9.47 Å². The van der Waals surface area contributed by atoms with Crippen LogP contribution in [0.3, 0.4) is 0 Å². The van der Waals surface area contributed by atoms with E-state index in [1.165, 1.54) is 7.11 Å². The Morgan fingerprint density at radius 2 is 2.24 bits per heavy atom. The maximum atomic E-state index is 11.6. The lowest BCUT2D eigenvalue weighted by Gasteiger charge is -1.99. The highest BCUT2D eigenvalue weighted by molar-refractivity contribution is 6.02. The molecule has 0 unspecified atom stereocenters. The zero-order valence-electron chi connectivity index (χ0n) is 9.61. The second-order valence-electron chi connectivity index (χ2n) is 3.45. The number of carbonyl (C=O) groups is 1. The van der Waals surface area contributed by atoms with Crippen molar-refractivity contribution in [1.82, 2.24) is 4.98 Å². The monoisotopic (exact) mass is 235 g/mol. The van der Waals surface area contributed by atoms with Gasteiger partial charge in [-0.1, -0.05) is 6.07 Å². The van der Waals surface area contributed by atoms with Crippen molar-refractivity contribution in [2.75, 3.05) is 13.7 Å². The molecule has 0 aliphatic carbocycles. The Bertz CT molecular complexity index is 559. The molecule has 0 spiro atoms. The molecule has 0 bridgehead atoms. The molecule has 1 aromatic carbocycles. The summed E-state index contributed by atoms with van der Waals surface area (Å²) in [4.78, 5) is 14.4. The molecule has 0 atom stereocenters. The molecule has 0 aliphatic rings. The fourth-order valence-corrected chi connectivity index (χ4v) is 1.70. The van der Waals surface area contributed by atoms with Gasteiger partial charge in [0.2, 0.25) is 0 Å². The van der Waals surface area contributed by atoms with E-state index in [1.807, 2.05) is 0 Å². The van der Waals surface area contributed by atoms with E-state index in [9.17, 15) is 9.90 Å². The topological polar surface area (TPSA) is 71.6 Å². The van der Waals surface area contributed by atoms with Crippen LogP contribution in [0, 0.1) is 0 Å². The summed E-state index contributed by atoms with van der Waals surface area (Å²) < 4.78 is 9.98. The van der Waals surface area contributed by atoms with Crippen LogP contribution in [0.1, 0.15) is 17.4 Å². The highest BCUT2D eigenvalue weighted by Gasteiger charge is 2.19. The molecule has 0 aliphatic heterocycles. The summed E-state index contributed by atoms with van der Waals surface area (Å²) in [6.07, 6.45) is 0. The number of aromatic amines is 1. The van der Waals surface area contributed by atoms with Crippen LogP contribution >= 0.6 is 0 Å². The minimum Gasteiger partial charge on any atom is -0.505 e. The number of nitrogens with one attached hydrogen (secondary N) is 1. The number of hydrogen-bond donors (Lipinski definition) is 2. The molecule has 90 valence electrons. The molecule has 2 aromatic rings. The summed E-state index contributed by atoms with van der Waals surface area (Å²) >= 11 is 0. The Morgan fingerprint density at radius 1 is 1.47 bits per heavy atom. The molecule has 5 nitrogen and oxygen atoms in total. The molecular weight excluding hydrogens is 222 g/mol. The molecule has 0 saturated carbocycles. The first-order chi connectivity index (χ1) is 8.19. The van der Waals surface area contributed by atoms with Gasteiger partial charge in [-0.25, -0.2) is 4.79 Å². The normalized spacial score (nSPS) is 10.5. The number of carbonyl (C=O) groups excluding carboxylic acids is 1. The molecule has 2 N–H and O–H groups in total. The number of benzene rings is 1. The first-order valence-corrected chi connectivity index (χ1v) is 5.23. The van der Waals surface area contributed by atoms with Crippen LogP contribution in [-0.2, 0) is 4.74 Å². The van der Waals surface area contributed by atoms with Crippen molar-refractivity contribution in [3.05, 3.63) is 23.9 Å². The summed E-state index contributed by atoms with van der Waals surface area (Å²) in [5.41, 5.74) is 0.627. The maximum absolute atomic E-state index is 11.6. The van der Waals surface area contributed by atoms with Crippen molar-refractivity contribution >= 4 is 16.9 Å². The summed E-state index contributed by atoms with van der Waals surface area (Å²) in [6, 6.07) is 5.18. The van der Waals surface area contributed by atoms with Gasteiger partial charge in [-0.2, -0.15) is 0 Å². The van der Waals surface area contributed by atoms with E-state index >= 15 is 0 Å². The largest absolute Gasteiger partial charge is 0.505 e. The molecule has 0 saturated heterocycles. The second-order valence-corrected chi connectivity index (χ2v) is 3.45. The summed E-state index contributed by atoms with van der Waals surface area (Å²) in [7, 11) is 1.52. The number of methoxy groups -OCH3 is 1. The minimum absolute atomic E-state index is 0.0475. The van der Waals surface area contributed by atoms with Crippen LogP contribution in [0.25, 0.3) is 10.9 Å². The number of ether oxygens (including phenoxy) is 2. The standard InChI is InChI=1S/C12H13NO4/c1-3-17-12(15)10-11(14)7-5-4-6-8(16-2)9(7)13-10/h4-6,13-14H,3H2,1-2H3. The highest BCUT2D eigenvalue weighted by Crippen LogP contribution is 2.34. The van der Waals surface area contributed by atoms with E-state index in [0.717, 1.165) is 0 Å². The lowest BCUT2D eigenvalue weighted by Crippen LogP contribution is -2.04. The summed E-state index contributed by atoms with van der Waals surface area (Å²) in [5, 5.41) is 10.5. The number of hydrogen-bond acceptors (Lipinski definition) is 4. The lowest BCUT2D eigenvalue weighted by molar-refractivity contribution is 0.0517. The quantitative estimate of drug-likeness (QED) is 0.799. The number of para-hydroxylation sites is 1. The fourth-order valence-electron chi connectivity index (χ4n) is 1.70. The van der Waals surface area contributed by atoms with Crippen molar-refractivity contribution < 1.29 is 19.4 Å². The number of H-pyrrole nitrogens is 1. The number of aromatic hydroxyl groups is 1. The summed E-state index contributed by atoms with van der Waals surface area (Å²) in [6.45, 7) is 1.96. The molecule has 5 heteroatoms. The third kappa shape index (κ3) is 1.80. The van der Waals surface area contributed by atoms with Gasteiger partial charge in [0.1, 0.15) is 5.75 Å². The Morgan fingerprint density at radius 3 is 2.88 bits per heavy atom. The number of rotatable bonds is 3. The zero-order valence-corrected chi connectivity index (χ0v) is 9.61. The average Bonchev–Trinajstić information content (AvgIpc) is 2.67. The lowest BCUT2D eigenvalue weighted by atomic mass is 10.2. The van der Waals surface area contributed by atoms with Crippen molar-refractivity contribution in [2.45, 2.75) is 6.92 Å². The SMILES string of the molecule is CCOC(=O)c1[nH]c2c(OC)cccc2c1O. The minimum atomic E-state index is -0.580. The molecule has 2 rings (SSSR count). The van der Waals surface area contributed by atoms with Crippen LogP contribution in [0.2, 0.25) is 0 Å².